The minimum Gasteiger partial charge on any atom is -0.368 e. The normalized spacial score (nSPS) is 11.4. The summed E-state index contributed by atoms with van der Waals surface area (Å²) in [7, 11) is 0. The second-order valence-electron chi connectivity index (χ2n) is 3.82. The fraction of sp³-hybridized carbons (Fsp3) is 0.167. The van der Waals surface area contributed by atoms with Gasteiger partial charge in [-0.2, -0.15) is 18.2 Å². The van der Waals surface area contributed by atoms with Crippen LogP contribution in [-0.4, -0.2) is 16.2 Å². The van der Waals surface area contributed by atoms with Gasteiger partial charge < -0.3 is 11.1 Å². The van der Waals surface area contributed by atoms with Gasteiger partial charge in [-0.15, -0.1) is 11.8 Å². The summed E-state index contributed by atoms with van der Waals surface area (Å²) in [5.74, 6) is -0.421. The lowest BCUT2D eigenvalue weighted by Gasteiger charge is -2.12. The summed E-state index contributed by atoms with van der Waals surface area (Å²) in [5.41, 5.74) is 4.90. The van der Waals surface area contributed by atoms with E-state index in [1.807, 2.05) is 18.4 Å². The van der Waals surface area contributed by atoms with E-state index < -0.39 is 17.8 Å². The second kappa shape index (κ2) is 5.58. The zero-order valence-corrected chi connectivity index (χ0v) is 11.2. The van der Waals surface area contributed by atoms with E-state index in [4.69, 9.17) is 5.73 Å². The van der Waals surface area contributed by atoms with Crippen LogP contribution in [0.2, 0.25) is 0 Å². The van der Waals surface area contributed by atoms with Crippen LogP contribution < -0.4 is 11.1 Å². The van der Waals surface area contributed by atoms with Crippen LogP contribution in [0.5, 0.6) is 0 Å². The van der Waals surface area contributed by atoms with Crippen molar-refractivity contribution < 1.29 is 13.2 Å². The molecule has 8 heteroatoms. The lowest BCUT2D eigenvalue weighted by molar-refractivity contribution is -0.141. The highest BCUT2D eigenvalue weighted by molar-refractivity contribution is 7.98. The van der Waals surface area contributed by atoms with Crippen molar-refractivity contribution in [2.75, 3.05) is 17.3 Å². The molecule has 0 aliphatic carbocycles. The molecule has 1 aromatic carbocycles. The molecule has 0 saturated carbocycles. The molecule has 1 aromatic heterocycles. The van der Waals surface area contributed by atoms with Crippen LogP contribution in [0.3, 0.4) is 0 Å². The van der Waals surface area contributed by atoms with E-state index in [9.17, 15) is 13.2 Å². The van der Waals surface area contributed by atoms with Gasteiger partial charge in [0, 0.05) is 11.0 Å². The number of hydrogen-bond acceptors (Lipinski definition) is 5. The van der Waals surface area contributed by atoms with Crippen molar-refractivity contribution in [3.05, 3.63) is 36.0 Å². The van der Waals surface area contributed by atoms with Crippen molar-refractivity contribution in [2.45, 2.75) is 11.1 Å². The van der Waals surface area contributed by atoms with Crippen molar-refractivity contribution in [3.63, 3.8) is 0 Å². The molecule has 0 fully saturated rings. The zero-order chi connectivity index (χ0) is 14.8. The first-order valence-electron chi connectivity index (χ1n) is 5.52. The molecule has 0 spiro atoms. The fourth-order valence-corrected chi connectivity index (χ4v) is 2.11. The van der Waals surface area contributed by atoms with Gasteiger partial charge in [0.25, 0.3) is 0 Å². The third kappa shape index (κ3) is 3.32. The number of hydrogen-bond donors (Lipinski definition) is 2. The van der Waals surface area contributed by atoms with Gasteiger partial charge in [-0.3, -0.25) is 0 Å². The van der Waals surface area contributed by atoms with E-state index in [2.05, 4.69) is 15.3 Å². The molecule has 3 N–H and O–H groups in total. The molecule has 4 nitrogen and oxygen atoms in total. The molecule has 0 atom stereocenters. The number of thioether (sulfide) groups is 1. The van der Waals surface area contributed by atoms with Crippen LogP contribution in [0.4, 0.5) is 30.6 Å². The number of nitrogens with zero attached hydrogens (tertiary/aromatic N) is 2. The van der Waals surface area contributed by atoms with Crippen molar-refractivity contribution >= 4 is 29.2 Å². The summed E-state index contributed by atoms with van der Waals surface area (Å²) in [4.78, 5) is 7.84. The molecule has 106 valence electrons. The summed E-state index contributed by atoms with van der Waals surface area (Å²) in [5, 5.41) is 2.82. The number of aromatic nitrogens is 2. The standard InChI is InChI=1S/C12H11F3N4S/c1-20-8-5-3-2-4-7(8)17-10-6-9(12(13,14)15)18-11(16)19-10/h2-6H,1H3,(H3,16,17,18,19). The Hall–Kier alpha value is -1.96. The number of nitrogens with two attached hydrogens (primary N) is 1. The van der Waals surface area contributed by atoms with Gasteiger partial charge in [-0.1, -0.05) is 12.1 Å². The first-order chi connectivity index (χ1) is 9.40. The van der Waals surface area contributed by atoms with E-state index in [-0.39, 0.29) is 5.82 Å². The molecule has 0 aliphatic rings. The molecule has 0 bridgehead atoms. The quantitative estimate of drug-likeness (QED) is 0.849. The van der Waals surface area contributed by atoms with E-state index in [0.717, 1.165) is 11.0 Å². The molecule has 0 amide bonds. The van der Waals surface area contributed by atoms with Gasteiger partial charge in [-0.25, -0.2) is 4.98 Å². The number of benzene rings is 1. The Morgan fingerprint density at radius 3 is 2.55 bits per heavy atom. The summed E-state index contributed by atoms with van der Waals surface area (Å²) < 4.78 is 38.0. The van der Waals surface area contributed by atoms with E-state index in [1.165, 1.54) is 11.8 Å². The maximum atomic E-state index is 12.7. The van der Waals surface area contributed by atoms with Crippen LogP contribution in [0.25, 0.3) is 0 Å². The minimum absolute atomic E-state index is 0.00586. The van der Waals surface area contributed by atoms with Crippen LogP contribution >= 0.6 is 11.8 Å². The van der Waals surface area contributed by atoms with Gasteiger partial charge in [0.05, 0.1) is 5.69 Å². The Bertz CT molecular complexity index is 616. The molecule has 0 saturated heterocycles. The van der Waals surface area contributed by atoms with Gasteiger partial charge in [0.1, 0.15) is 5.82 Å². The molecule has 2 aromatic rings. The van der Waals surface area contributed by atoms with Crippen molar-refractivity contribution in [2.24, 2.45) is 0 Å². The predicted octanol–water partition coefficient (Wildman–Crippen LogP) is 3.54. The highest BCUT2D eigenvalue weighted by Crippen LogP contribution is 2.31. The molecule has 20 heavy (non-hydrogen) atoms. The predicted molar refractivity (Wildman–Crippen MR) is 73.0 cm³/mol. The summed E-state index contributed by atoms with van der Waals surface area (Å²) >= 11 is 1.47. The second-order valence-corrected chi connectivity index (χ2v) is 4.67. The summed E-state index contributed by atoms with van der Waals surface area (Å²) in [6.07, 6.45) is -2.69. The van der Waals surface area contributed by atoms with Crippen LogP contribution in [0.15, 0.2) is 35.2 Å². The van der Waals surface area contributed by atoms with E-state index in [1.54, 1.807) is 12.1 Å². The lowest BCUT2D eigenvalue weighted by Crippen LogP contribution is -2.12. The number of para-hydroxylation sites is 1. The average molecular weight is 300 g/mol. The Balaban J connectivity index is 2.36. The molecular formula is C12H11F3N4S. The third-order valence-electron chi connectivity index (χ3n) is 2.40. The fourth-order valence-electron chi connectivity index (χ4n) is 1.56. The molecule has 1 heterocycles. The first kappa shape index (κ1) is 14.4. The van der Waals surface area contributed by atoms with Gasteiger partial charge in [0.2, 0.25) is 5.95 Å². The van der Waals surface area contributed by atoms with Crippen molar-refractivity contribution in [1.82, 2.24) is 9.97 Å². The number of rotatable bonds is 3. The van der Waals surface area contributed by atoms with E-state index >= 15 is 0 Å². The van der Waals surface area contributed by atoms with Crippen LogP contribution in [-0.2, 0) is 6.18 Å². The van der Waals surface area contributed by atoms with Crippen LogP contribution in [0.1, 0.15) is 5.69 Å². The number of anilines is 3. The highest BCUT2D eigenvalue weighted by Gasteiger charge is 2.33. The monoisotopic (exact) mass is 300 g/mol. The maximum absolute atomic E-state index is 12.7. The number of alkyl halides is 3. The lowest BCUT2D eigenvalue weighted by atomic mass is 10.3. The van der Waals surface area contributed by atoms with Gasteiger partial charge >= 0.3 is 6.18 Å². The Labute approximate surface area is 117 Å². The Morgan fingerprint density at radius 1 is 1.20 bits per heavy atom. The van der Waals surface area contributed by atoms with Gasteiger partial charge in [0.15, 0.2) is 5.69 Å². The Morgan fingerprint density at radius 2 is 1.90 bits per heavy atom. The smallest absolute Gasteiger partial charge is 0.368 e. The number of nitrogen functional groups attached to an aromatic ring is 1. The SMILES string of the molecule is CSc1ccccc1Nc1cc(C(F)(F)F)nc(N)n1. The largest absolute Gasteiger partial charge is 0.433 e. The van der Waals surface area contributed by atoms with Gasteiger partial charge in [-0.05, 0) is 18.4 Å². The molecular weight excluding hydrogens is 289 g/mol. The highest BCUT2D eigenvalue weighted by atomic mass is 32.2. The number of nitrogens with one attached hydrogen (secondary N) is 1. The average Bonchev–Trinajstić information content (AvgIpc) is 2.37. The summed E-state index contributed by atoms with van der Waals surface area (Å²) in [6, 6.07) is 8.04. The van der Waals surface area contributed by atoms with Crippen molar-refractivity contribution in [1.29, 1.82) is 0 Å². The summed E-state index contributed by atoms with van der Waals surface area (Å²) in [6.45, 7) is 0. The topological polar surface area (TPSA) is 63.8 Å². The Kier molecular flexibility index (Phi) is 4.03. The number of halogens is 3. The van der Waals surface area contributed by atoms with Crippen molar-refractivity contribution in [3.8, 4) is 0 Å². The third-order valence-corrected chi connectivity index (χ3v) is 3.20. The molecule has 0 aliphatic heterocycles. The van der Waals surface area contributed by atoms with E-state index in [0.29, 0.717) is 5.69 Å². The minimum atomic E-state index is -4.56. The van der Waals surface area contributed by atoms with Crippen LogP contribution in [0, 0.1) is 0 Å². The maximum Gasteiger partial charge on any atom is 0.433 e. The molecule has 0 unspecified atom stereocenters. The molecule has 2 rings (SSSR count). The zero-order valence-electron chi connectivity index (χ0n) is 10.4. The molecule has 0 radical (unpaired) electrons. The first-order valence-corrected chi connectivity index (χ1v) is 6.74.